The summed E-state index contributed by atoms with van der Waals surface area (Å²) in [6.07, 6.45) is 0. The van der Waals surface area contributed by atoms with E-state index < -0.39 is 0 Å². The summed E-state index contributed by atoms with van der Waals surface area (Å²) >= 11 is 3.66. The zero-order valence-corrected chi connectivity index (χ0v) is 14.5. The molecule has 0 fully saturated rings. The Bertz CT molecular complexity index is 399. The molecule has 0 unspecified atom stereocenters. The molecular formula is C15H26BrN3O. The molecule has 1 aromatic carbocycles. The molecule has 0 atom stereocenters. The lowest BCUT2D eigenvalue weighted by Gasteiger charge is -2.22. The van der Waals surface area contributed by atoms with Gasteiger partial charge in [0.25, 0.3) is 0 Å². The number of hydrogen-bond acceptors (Lipinski definition) is 4. The van der Waals surface area contributed by atoms with Gasteiger partial charge in [0.05, 0.1) is 6.61 Å². The smallest absolute Gasteiger partial charge is 0.0587 e. The monoisotopic (exact) mass is 343 g/mol. The number of anilines is 1. The van der Waals surface area contributed by atoms with Crippen molar-refractivity contribution in [2.75, 3.05) is 59.4 Å². The van der Waals surface area contributed by atoms with Crippen LogP contribution in [0.5, 0.6) is 0 Å². The first-order valence-corrected chi connectivity index (χ1v) is 7.68. The molecule has 0 radical (unpaired) electrons. The second-order valence-corrected chi connectivity index (χ2v) is 6.02. The van der Waals surface area contributed by atoms with Gasteiger partial charge >= 0.3 is 0 Å². The van der Waals surface area contributed by atoms with Gasteiger partial charge in [-0.15, -0.1) is 0 Å². The van der Waals surface area contributed by atoms with E-state index in [1.165, 1.54) is 11.3 Å². The first-order valence-electron chi connectivity index (χ1n) is 6.88. The maximum atomic E-state index is 5.02. The van der Waals surface area contributed by atoms with Gasteiger partial charge in [-0.1, -0.05) is 22.0 Å². The van der Waals surface area contributed by atoms with Crippen LogP contribution in [0.2, 0.25) is 0 Å². The lowest BCUT2D eigenvalue weighted by atomic mass is 10.2. The van der Waals surface area contributed by atoms with E-state index in [2.05, 4.69) is 70.4 Å². The molecule has 4 nitrogen and oxygen atoms in total. The Balaban J connectivity index is 2.53. The standard InChI is InChI=1S/C15H26BrN3O/c1-18(2)8-9-19(3)14-6-5-13(15(16)11-14)12-17-7-10-20-4/h5-6,11,17H,7-10,12H2,1-4H3. The number of rotatable bonds is 9. The van der Waals surface area contributed by atoms with E-state index in [4.69, 9.17) is 4.74 Å². The zero-order chi connectivity index (χ0) is 15.0. The molecule has 0 bridgehead atoms. The van der Waals surface area contributed by atoms with Gasteiger partial charge in [0.1, 0.15) is 0 Å². The topological polar surface area (TPSA) is 27.7 Å². The second-order valence-electron chi connectivity index (χ2n) is 5.17. The van der Waals surface area contributed by atoms with E-state index in [1.807, 2.05) is 0 Å². The molecule has 0 amide bonds. The van der Waals surface area contributed by atoms with Gasteiger partial charge in [-0.05, 0) is 31.8 Å². The fourth-order valence-electron chi connectivity index (χ4n) is 1.79. The van der Waals surface area contributed by atoms with Crippen LogP contribution in [0.15, 0.2) is 22.7 Å². The Kier molecular flexibility index (Phi) is 8.14. The largest absolute Gasteiger partial charge is 0.383 e. The van der Waals surface area contributed by atoms with Gasteiger partial charge in [-0.3, -0.25) is 0 Å². The molecule has 114 valence electrons. The number of halogens is 1. The molecule has 5 heteroatoms. The van der Waals surface area contributed by atoms with Crippen LogP contribution in [0, 0.1) is 0 Å². The molecule has 0 heterocycles. The van der Waals surface area contributed by atoms with Crippen molar-refractivity contribution in [1.29, 1.82) is 0 Å². The van der Waals surface area contributed by atoms with Crippen LogP contribution in [0.4, 0.5) is 5.69 Å². The molecule has 0 aliphatic rings. The van der Waals surface area contributed by atoms with E-state index in [1.54, 1.807) is 7.11 Å². The van der Waals surface area contributed by atoms with Crippen LogP contribution in [-0.4, -0.2) is 59.4 Å². The van der Waals surface area contributed by atoms with Crippen LogP contribution in [0.25, 0.3) is 0 Å². The van der Waals surface area contributed by atoms with Gasteiger partial charge < -0.3 is 19.9 Å². The van der Waals surface area contributed by atoms with Crippen molar-refractivity contribution in [2.24, 2.45) is 0 Å². The summed E-state index contributed by atoms with van der Waals surface area (Å²) in [6, 6.07) is 6.53. The van der Waals surface area contributed by atoms with E-state index in [9.17, 15) is 0 Å². The predicted molar refractivity (Wildman–Crippen MR) is 89.5 cm³/mol. The van der Waals surface area contributed by atoms with Crippen LogP contribution in [0.1, 0.15) is 5.56 Å². The molecule has 0 saturated heterocycles. The van der Waals surface area contributed by atoms with Crippen molar-refractivity contribution in [3.8, 4) is 0 Å². The first-order chi connectivity index (χ1) is 9.54. The molecule has 0 spiro atoms. The van der Waals surface area contributed by atoms with Crippen LogP contribution >= 0.6 is 15.9 Å². The zero-order valence-electron chi connectivity index (χ0n) is 12.9. The maximum Gasteiger partial charge on any atom is 0.0587 e. The fourth-order valence-corrected chi connectivity index (χ4v) is 2.30. The SMILES string of the molecule is COCCNCc1ccc(N(C)CCN(C)C)cc1Br. The molecule has 0 aromatic heterocycles. The van der Waals surface area contributed by atoms with Crippen molar-refractivity contribution < 1.29 is 4.74 Å². The number of nitrogens with one attached hydrogen (secondary N) is 1. The highest BCUT2D eigenvalue weighted by atomic mass is 79.9. The molecule has 0 saturated carbocycles. The normalized spacial score (nSPS) is 11.1. The van der Waals surface area contributed by atoms with Gasteiger partial charge in [-0.2, -0.15) is 0 Å². The van der Waals surface area contributed by atoms with Crippen molar-refractivity contribution in [2.45, 2.75) is 6.54 Å². The van der Waals surface area contributed by atoms with Gasteiger partial charge in [0.15, 0.2) is 0 Å². The Hall–Kier alpha value is -0.620. The molecule has 1 N–H and O–H groups in total. The van der Waals surface area contributed by atoms with Crippen molar-refractivity contribution >= 4 is 21.6 Å². The summed E-state index contributed by atoms with van der Waals surface area (Å²) < 4.78 is 6.17. The predicted octanol–water partition coefficient (Wildman–Crippen LogP) is 2.18. The second kappa shape index (κ2) is 9.34. The summed E-state index contributed by atoms with van der Waals surface area (Å²) in [4.78, 5) is 4.46. The Morgan fingerprint density at radius 1 is 1.20 bits per heavy atom. The lowest BCUT2D eigenvalue weighted by Crippen LogP contribution is -2.28. The third-order valence-electron chi connectivity index (χ3n) is 3.16. The molecule has 1 aromatic rings. The van der Waals surface area contributed by atoms with E-state index in [0.717, 1.165) is 37.3 Å². The number of nitrogens with zero attached hydrogens (tertiary/aromatic N) is 2. The molecular weight excluding hydrogens is 318 g/mol. The van der Waals surface area contributed by atoms with Crippen LogP contribution in [-0.2, 0) is 11.3 Å². The quantitative estimate of drug-likeness (QED) is 0.695. The Labute approximate surface area is 131 Å². The summed E-state index contributed by atoms with van der Waals surface area (Å²) in [5.74, 6) is 0. The lowest BCUT2D eigenvalue weighted by molar-refractivity contribution is 0.199. The number of hydrogen-bond donors (Lipinski definition) is 1. The first kappa shape index (κ1) is 17.4. The van der Waals surface area contributed by atoms with Crippen LogP contribution in [0.3, 0.4) is 0 Å². The van der Waals surface area contributed by atoms with E-state index in [0.29, 0.717) is 0 Å². The minimum absolute atomic E-state index is 0.739. The third-order valence-corrected chi connectivity index (χ3v) is 3.90. The van der Waals surface area contributed by atoms with Crippen molar-refractivity contribution in [1.82, 2.24) is 10.2 Å². The maximum absolute atomic E-state index is 5.02. The molecule has 20 heavy (non-hydrogen) atoms. The minimum atomic E-state index is 0.739. The number of benzene rings is 1. The third kappa shape index (κ3) is 6.22. The summed E-state index contributed by atoms with van der Waals surface area (Å²) in [5, 5.41) is 3.36. The average Bonchev–Trinajstić information content (AvgIpc) is 2.42. The fraction of sp³-hybridized carbons (Fsp3) is 0.600. The van der Waals surface area contributed by atoms with Gasteiger partial charge in [0.2, 0.25) is 0 Å². The number of methoxy groups -OCH3 is 1. The highest BCUT2D eigenvalue weighted by molar-refractivity contribution is 9.10. The van der Waals surface area contributed by atoms with Crippen LogP contribution < -0.4 is 10.2 Å². The van der Waals surface area contributed by atoms with Gasteiger partial charge in [-0.25, -0.2) is 0 Å². The Morgan fingerprint density at radius 3 is 2.55 bits per heavy atom. The van der Waals surface area contributed by atoms with E-state index >= 15 is 0 Å². The van der Waals surface area contributed by atoms with Gasteiger partial charge in [0, 0.05) is 50.5 Å². The number of ether oxygens (including phenoxy) is 1. The van der Waals surface area contributed by atoms with E-state index in [-0.39, 0.29) is 0 Å². The minimum Gasteiger partial charge on any atom is -0.383 e. The molecule has 0 aliphatic heterocycles. The molecule has 0 aliphatic carbocycles. The highest BCUT2D eigenvalue weighted by Gasteiger charge is 2.05. The van der Waals surface area contributed by atoms with Crippen molar-refractivity contribution in [3.05, 3.63) is 28.2 Å². The Morgan fingerprint density at radius 2 is 1.95 bits per heavy atom. The highest BCUT2D eigenvalue weighted by Crippen LogP contribution is 2.23. The summed E-state index contributed by atoms with van der Waals surface area (Å²) in [7, 11) is 8.04. The average molecular weight is 344 g/mol. The molecule has 1 rings (SSSR count). The number of likely N-dealkylation sites (N-methyl/N-ethyl adjacent to an activating group) is 2. The summed E-state index contributed by atoms with van der Waals surface area (Å²) in [6.45, 7) is 4.53. The van der Waals surface area contributed by atoms with Crippen molar-refractivity contribution in [3.63, 3.8) is 0 Å². The summed E-state index contributed by atoms with van der Waals surface area (Å²) in [5.41, 5.74) is 2.50.